The molecule has 0 spiro atoms. The van der Waals surface area contributed by atoms with E-state index in [0.29, 0.717) is 0 Å². The lowest BCUT2D eigenvalue weighted by Crippen LogP contribution is -2.20. The van der Waals surface area contributed by atoms with E-state index in [1.807, 2.05) is 6.92 Å². The van der Waals surface area contributed by atoms with Gasteiger partial charge in [-0.2, -0.15) is 0 Å². The highest BCUT2D eigenvalue weighted by atomic mass is 19.2. The highest BCUT2D eigenvalue weighted by Crippen LogP contribution is 2.16. The van der Waals surface area contributed by atoms with Gasteiger partial charge in [-0.3, -0.25) is 0 Å². The lowest BCUT2D eigenvalue weighted by atomic mass is 10.1. The van der Waals surface area contributed by atoms with Gasteiger partial charge in [0.1, 0.15) is 0 Å². The summed E-state index contributed by atoms with van der Waals surface area (Å²) in [5.74, 6) is -0.822. The molecule has 0 aliphatic rings. The van der Waals surface area contributed by atoms with Crippen molar-refractivity contribution in [2.75, 3.05) is 6.54 Å². The summed E-state index contributed by atoms with van der Waals surface area (Å²) in [5, 5.41) is 3.33. The van der Waals surface area contributed by atoms with Gasteiger partial charge in [-0.05, 0) is 43.5 Å². The van der Waals surface area contributed by atoms with E-state index in [2.05, 4.69) is 19.2 Å². The quantitative estimate of drug-likeness (QED) is 0.710. The van der Waals surface area contributed by atoms with E-state index in [1.165, 1.54) is 25.0 Å². The van der Waals surface area contributed by atoms with Crippen LogP contribution >= 0.6 is 0 Å². The molecule has 102 valence electrons. The van der Waals surface area contributed by atoms with Crippen LogP contribution in [0.25, 0.3) is 0 Å². The van der Waals surface area contributed by atoms with Crippen LogP contribution in [0.15, 0.2) is 18.2 Å². The van der Waals surface area contributed by atoms with Crippen molar-refractivity contribution in [3.8, 4) is 0 Å². The first-order valence-electron chi connectivity index (χ1n) is 6.69. The van der Waals surface area contributed by atoms with Crippen molar-refractivity contribution in [2.24, 2.45) is 5.92 Å². The number of hydrogen-bond acceptors (Lipinski definition) is 1. The zero-order chi connectivity index (χ0) is 13.5. The largest absolute Gasteiger partial charge is 0.310 e. The summed E-state index contributed by atoms with van der Waals surface area (Å²) in [7, 11) is 0. The molecule has 1 aromatic carbocycles. The van der Waals surface area contributed by atoms with E-state index in [0.717, 1.165) is 24.4 Å². The summed E-state index contributed by atoms with van der Waals surface area (Å²) in [4.78, 5) is 0. The normalized spacial score (nSPS) is 13.0. The molecular weight excluding hydrogens is 232 g/mol. The Morgan fingerprint density at radius 2 is 1.78 bits per heavy atom. The van der Waals surface area contributed by atoms with Crippen LogP contribution in [0.4, 0.5) is 8.78 Å². The van der Waals surface area contributed by atoms with Crippen molar-refractivity contribution >= 4 is 0 Å². The van der Waals surface area contributed by atoms with E-state index in [1.54, 1.807) is 6.07 Å². The summed E-state index contributed by atoms with van der Waals surface area (Å²) in [5.41, 5.74) is 0.790. The minimum absolute atomic E-state index is 0.0548. The maximum atomic E-state index is 13.1. The number of rotatable bonds is 7. The van der Waals surface area contributed by atoms with Gasteiger partial charge in [-0.25, -0.2) is 8.78 Å². The summed E-state index contributed by atoms with van der Waals surface area (Å²) in [6.07, 6.45) is 3.56. The van der Waals surface area contributed by atoms with Gasteiger partial charge in [0.25, 0.3) is 0 Å². The van der Waals surface area contributed by atoms with Gasteiger partial charge in [-0.15, -0.1) is 0 Å². The lowest BCUT2D eigenvalue weighted by molar-refractivity contribution is 0.488. The molecule has 1 rings (SSSR count). The molecule has 1 aromatic rings. The van der Waals surface area contributed by atoms with Gasteiger partial charge in [0.15, 0.2) is 11.6 Å². The molecule has 1 atom stereocenters. The first-order chi connectivity index (χ1) is 8.50. The fourth-order valence-electron chi connectivity index (χ4n) is 1.90. The highest BCUT2D eigenvalue weighted by molar-refractivity contribution is 5.20. The summed E-state index contributed by atoms with van der Waals surface area (Å²) in [6, 6.07) is 4.13. The van der Waals surface area contributed by atoms with E-state index in [4.69, 9.17) is 0 Å². The lowest BCUT2D eigenvalue weighted by Gasteiger charge is -2.14. The van der Waals surface area contributed by atoms with Gasteiger partial charge in [0.05, 0.1) is 0 Å². The van der Waals surface area contributed by atoms with Crippen molar-refractivity contribution in [1.82, 2.24) is 5.32 Å². The predicted molar refractivity (Wildman–Crippen MR) is 71.5 cm³/mol. The third kappa shape index (κ3) is 5.13. The van der Waals surface area contributed by atoms with Gasteiger partial charge < -0.3 is 5.32 Å². The van der Waals surface area contributed by atoms with Gasteiger partial charge in [0, 0.05) is 6.04 Å². The van der Waals surface area contributed by atoms with Crippen LogP contribution in [-0.2, 0) is 0 Å². The average molecular weight is 255 g/mol. The minimum atomic E-state index is -0.789. The molecule has 18 heavy (non-hydrogen) atoms. The molecule has 0 radical (unpaired) electrons. The minimum Gasteiger partial charge on any atom is -0.310 e. The first-order valence-corrected chi connectivity index (χ1v) is 6.69. The standard InChI is InChI=1S/C15H23F2N/c1-11(2)6-4-5-9-18-12(3)13-7-8-14(16)15(17)10-13/h7-8,10-12,18H,4-6,9H2,1-3H3. The Hall–Kier alpha value is -0.960. The third-order valence-corrected chi connectivity index (χ3v) is 3.10. The number of halogens is 2. The molecule has 0 aliphatic carbocycles. The Kier molecular flexibility index (Phi) is 6.27. The van der Waals surface area contributed by atoms with Crippen LogP contribution in [0.5, 0.6) is 0 Å². The Labute approximate surface area is 109 Å². The first kappa shape index (κ1) is 15.1. The second-order valence-corrected chi connectivity index (χ2v) is 5.24. The second kappa shape index (κ2) is 7.47. The topological polar surface area (TPSA) is 12.0 Å². The maximum Gasteiger partial charge on any atom is 0.159 e. The maximum absolute atomic E-state index is 13.1. The Morgan fingerprint density at radius 3 is 2.39 bits per heavy atom. The van der Waals surface area contributed by atoms with Crippen LogP contribution in [0, 0.1) is 17.6 Å². The molecule has 0 saturated heterocycles. The van der Waals surface area contributed by atoms with Crippen molar-refractivity contribution < 1.29 is 8.78 Å². The molecule has 0 fully saturated rings. The molecular formula is C15H23F2N. The van der Waals surface area contributed by atoms with Crippen molar-refractivity contribution in [3.63, 3.8) is 0 Å². The molecule has 0 aliphatic heterocycles. The van der Waals surface area contributed by atoms with Crippen molar-refractivity contribution in [1.29, 1.82) is 0 Å². The zero-order valence-electron chi connectivity index (χ0n) is 11.5. The molecule has 0 aromatic heterocycles. The van der Waals surface area contributed by atoms with E-state index < -0.39 is 11.6 Å². The molecule has 1 nitrogen and oxygen atoms in total. The smallest absolute Gasteiger partial charge is 0.159 e. The number of nitrogens with one attached hydrogen (secondary N) is 1. The van der Waals surface area contributed by atoms with Crippen molar-refractivity contribution in [2.45, 2.75) is 46.1 Å². The average Bonchev–Trinajstić information content (AvgIpc) is 2.31. The number of hydrogen-bond donors (Lipinski definition) is 1. The molecule has 1 unspecified atom stereocenters. The van der Waals surface area contributed by atoms with Gasteiger partial charge in [-0.1, -0.05) is 32.8 Å². The monoisotopic (exact) mass is 255 g/mol. The molecule has 0 amide bonds. The second-order valence-electron chi connectivity index (χ2n) is 5.24. The SMILES string of the molecule is CC(C)CCCCNC(C)c1ccc(F)c(F)c1. The van der Waals surface area contributed by atoms with E-state index >= 15 is 0 Å². The van der Waals surface area contributed by atoms with Crippen LogP contribution in [0.3, 0.4) is 0 Å². The van der Waals surface area contributed by atoms with E-state index in [9.17, 15) is 8.78 Å². The highest BCUT2D eigenvalue weighted by Gasteiger charge is 2.08. The third-order valence-electron chi connectivity index (χ3n) is 3.10. The van der Waals surface area contributed by atoms with Gasteiger partial charge in [0.2, 0.25) is 0 Å². The summed E-state index contributed by atoms with van der Waals surface area (Å²) < 4.78 is 25.9. The number of unbranched alkanes of at least 4 members (excludes halogenated alkanes) is 1. The zero-order valence-corrected chi connectivity index (χ0v) is 11.5. The molecule has 0 saturated carbocycles. The molecule has 1 N–H and O–H groups in total. The predicted octanol–water partition coefficient (Wildman–Crippen LogP) is 4.44. The fourth-order valence-corrected chi connectivity index (χ4v) is 1.90. The Bertz CT molecular complexity index is 364. The van der Waals surface area contributed by atoms with Gasteiger partial charge >= 0.3 is 0 Å². The molecule has 3 heteroatoms. The van der Waals surface area contributed by atoms with Crippen LogP contribution < -0.4 is 5.32 Å². The van der Waals surface area contributed by atoms with Crippen LogP contribution in [-0.4, -0.2) is 6.54 Å². The Balaban J connectivity index is 2.31. The number of benzene rings is 1. The molecule has 0 bridgehead atoms. The van der Waals surface area contributed by atoms with Crippen LogP contribution in [0.1, 0.15) is 51.6 Å². The van der Waals surface area contributed by atoms with E-state index in [-0.39, 0.29) is 6.04 Å². The van der Waals surface area contributed by atoms with Crippen molar-refractivity contribution in [3.05, 3.63) is 35.4 Å². The Morgan fingerprint density at radius 1 is 1.06 bits per heavy atom. The summed E-state index contributed by atoms with van der Waals surface area (Å²) >= 11 is 0. The summed E-state index contributed by atoms with van der Waals surface area (Å²) in [6.45, 7) is 7.32. The van der Waals surface area contributed by atoms with Crippen LogP contribution in [0.2, 0.25) is 0 Å². The fraction of sp³-hybridized carbons (Fsp3) is 0.600. The molecule has 0 heterocycles.